The summed E-state index contributed by atoms with van der Waals surface area (Å²) >= 11 is 0. The zero-order chi connectivity index (χ0) is 20.1. The Bertz CT molecular complexity index is 1240. The summed E-state index contributed by atoms with van der Waals surface area (Å²) in [6.07, 6.45) is 0. The molecule has 0 aliphatic carbocycles. The summed E-state index contributed by atoms with van der Waals surface area (Å²) in [5.41, 5.74) is 1.71. The van der Waals surface area contributed by atoms with Crippen LogP contribution in [0.2, 0.25) is 0 Å². The lowest BCUT2D eigenvalue weighted by molar-refractivity contribution is 0.0699. The van der Waals surface area contributed by atoms with Crippen molar-refractivity contribution in [2.45, 2.75) is 0 Å². The molecule has 0 unspecified atom stereocenters. The van der Waals surface area contributed by atoms with E-state index in [0.29, 0.717) is 27.8 Å². The second-order valence-corrected chi connectivity index (χ2v) is 5.67. The van der Waals surface area contributed by atoms with E-state index in [9.17, 15) is 15.2 Å². The molecule has 2 aromatic carbocycles. The van der Waals surface area contributed by atoms with E-state index in [4.69, 9.17) is 10.5 Å². The quantitative estimate of drug-likeness (QED) is 0.671. The average molecular weight is 365 g/mol. The minimum absolute atomic E-state index is 0.132. The standard InChI is InChI=1S/C21H11N5O2/c22-10-14(11-23)20(12-24)25-15-5-3-4-13(8-15)19-9-17(21(27)28)16-6-1-2-7-18(16)26-19/h1-9,25H,(H,27,28). The van der Waals surface area contributed by atoms with Gasteiger partial charge in [-0.05, 0) is 24.3 Å². The number of hydrogen-bond acceptors (Lipinski definition) is 6. The van der Waals surface area contributed by atoms with Gasteiger partial charge in [0.05, 0.1) is 16.8 Å². The van der Waals surface area contributed by atoms with Gasteiger partial charge in [0.15, 0.2) is 5.57 Å². The number of pyridine rings is 1. The molecular weight excluding hydrogens is 354 g/mol. The van der Waals surface area contributed by atoms with Crippen molar-refractivity contribution in [3.05, 3.63) is 71.4 Å². The molecule has 0 fully saturated rings. The number of nitrogens with one attached hydrogen (secondary N) is 1. The number of allylic oxidation sites excluding steroid dienone is 2. The Morgan fingerprint density at radius 3 is 2.39 bits per heavy atom. The maximum Gasteiger partial charge on any atom is 0.336 e. The summed E-state index contributed by atoms with van der Waals surface area (Å²) in [4.78, 5) is 16.2. The fourth-order valence-corrected chi connectivity index (χ4v) is 2.68. The Morgan fingerprint density at radius 2 is 1.71 bits per heavy atom. The third kappa shape index (κ3) is 3.48. The lowest BCUT2D eigenvalue weighted by atomic mass is 10.0. The number of carboxylic acid groups (broad SMARTS) is 1. The molecule has 1 heterocycles. The van der Waals surface area contributed by atoms with Gasteiger partial charge in [0, 0.05) is 16.6 Å². The third-order valence-electron chi connectivity index (χ3n) is 3.96. The fourth-order valence-electron chi connectivity index (χ4n) is 2.68. The number of para-hydroxylation sites is 1. The highest BCUT2D eigenvalue weighted by Crippen LogP contribution is 2.27. The van der Waals surface area contributed by atoms with Crippen LogP contribution < -0.4 is 5.32 Å². The molecule has 3 aromatic rings. The molecule has 0 saturated carbocycles. The summed E-state index contributed by atoms with van der Waals surface area (Å²) in [5, 5.41) is 39.9. The summed E-state index contributed by atoms with van der Waals surface area (Å²) in [5.74, 6) is -1.06. The topological polar surface area (TPSA) is 134 Å². The van der Waals surface area contributed by atoms with E-state index in [-0.39, 0.29) is 16.8 Å². The molecule has 132 valence electrons. The van der Waals surface area contributed by atoms with Crippen LogP contribution in [0.4, 0.5) is 5.69 Å². The molecular formula is C21H11N5O2. The van der Waals surface area contributed by atoms with Gasteiger partial charge in [0.25, 0.3) is 0 Å². The van der Waals surface area contributed by atoms with Crippen LogP contribution >= 0.6 is 0 Å². The Hall–Kier alpha value is -4.67. The number of fused-ring (bicyclic) bond motifs is 1. The number of hydrogen-bond donors (Lipinski definition) is 2. The van der Waals surface area contributed by atoms with E-state index >= 15 is 0 Å². The first-order chi connectivity index (χ1) is 13.6. The summed E-state index contributed by atoms with van der Waals surface area (Å²) in [7, 11) is 0. The highest BCUT2D eigenvalue weighted by molar-refractivity contribution is 6.03. The first-order valence-electron chi connectivity index (χ1n) is 8.02. The molecule has 0 bridgehead atoms. The minimum Gasteiger partial charge on any atom is -0.478 e. The lowest BCUT2D eigenvalue weighted by Gasteiger charge is -2.09. The van der Waals surface area contributed by atoms with Crippen molar-refractivity contribution in [3.8, 4) is 29.5 Å². The Morgan fingerprint density at radius 1 is 0.964 bits per heavy atom. The van der Waals surface area contributed by atoms with Crippen molar-refractivity contribution < 1.29 is 9.90 Å². The number of aromatic nitrogens is 1. The zero-order valence-corrected chi connectivity index (χ0v) is 14.3. The van der Waals surface area contributed by atoms with Gasteiger partial charge < -0.3 is 10.4 Å². The van der Waals surface area contributed by atoms with Crippen LogP contribution in [0.5, 0.6) is 0 Å². The predicted molar refractivity (Wildman–Crippen MR) is 102 cm³/mol. The largest absolute Gasteiger partial charge is 0.478 e. The van der Waals surface area contributed by atoms with E-state index in [1.54, 1.807) is 66.7 Å². The molecule has 0 saturated heterocycles. The molecule has 0 aliphatic heterocycles. The summed E-state index contributed by atoms with van der Waals surface area (Å²) < 4.78 is 0. The molecule has 7 heteroatoms. The van der Waals surface area contributed by atoms with E-state index in [1.165, 1.54) is 6.07 Å². The number of nitrogens with zero attached hydrogens (tertiary/aromatic N) is 4. The van der Waals surface area contributed by atoms with E-state index in [0.717, 1.165) is 0 Å². The molecule has 0 amide bonds. The van der Waals surface area contributed by atoms with Crippen LogP contribution in [0.1, 0.15) is 10.4 Å². The lowest BCUT2D eigenvalue weighted by Crippen LogP contribution is -2.02. The molecule has 2 N–H and O–H groups in total. The van der Waals surface area contributed by atoms with Crippen molar-refractivity contribution in [1.82, 2.24) is 4.98 Å². The molecule has 0 aliphatic rings. The predicted octanol–water partition coefficient (Wildman–Crippen LogP) is 3.84. The van der Waals surface area contributed by atoms with Crippen LogP contribution in [0.25, 0.3) is 22.2 Å². The summed E-state index contributed by atoms with van der Waals surface area (Å²) in [6.45, 7) is 0. The van der Waals surface area contributed by atoms with E-state index in [2.05, 4.69) is 10.3 Å². The SMILES string of the molecule is N#CC(C#N)=C(C#N)Nc1cccc(-c2cc(C(=O)O)c3ccccc3n2)c1. The third-order valence-corrected chi connectivity index (χ3v) is 3.96. The normalized spacial score (nSPS) is 9.61. The molecule has 0 atom stereocenters. The van der Waals surface area contributed by atoms with Crippen LogP contribution in [0.15, 0.2) is 65.9 Å². The van der Waals surface area contributed by atoms with Gasteiger partial charge in [0.1, 0.15) is 23.9 Å². The van der Waals surface area contributed by atoms with Gasteiger partial charge >= 0.3 is 5.97 Å². The number of nitriles is 3. The highest BCUT2D eigenvalue weighted by Gasteiger charge is 2.13. The Balaban J connectivity index is 2.10. The second kappa shape index (κ2) is 7.70. The Labute approximate surface area is 160 Å². The van der Waals surface area contributed by atoms with Crippen LogP contribution in [0.3, 0.4) is 0 Å². The maximum absolute atomic E-state index is 11.6. The van der Waals surface area contributed by atoms with Gasteiger partial charge in [-0.3, -0.25) is 0 Å². The monoisotopic (exact) mass is 365 g/mol. The molecule has 0 radical (unpaired) electrons. The summed E-state index contributed by atoms with van der Waals surface area (Å²) in [6, 6.07) is 20.3. The second-order valence-electron chi connectivity index (χ2n) is 5.67. The first-order valence-corrected chi connectivity index (χ1v) is 8.02. The number of benzene rings is 2. The van der Waals surface area contributed by atoms with Gasteiger partial charge in [-0.2, -0.15) is 15.8 Å². The van der Waals surface area contributed by atoms with Crippen LogP contribution in [-0.2, 0) is 0 Å². The molecule has 28 heavy (non-hydrogen) atoms. The molecule has 3 rings (SSSR count). The van der Waals surface area contributed by atoms with Crippen molar-refractivity contribution in [3.63, 3.8) is 0 Å². The van der Waals surface area contributed by atoms with Crippen molar-refractivity contribution >= 4 is 22.6 Å². The fraction of sp³-hybridized carbons (Fsp3) is 0. The maximum atomic E-state index is 11.6. The Kier molecular flexibility index (Phi) is 4.98. The van der Waals surface area contributed by atoms with E-state index in [1.807, 2.05) is 0 Å². The van der Waals surface area contributed by atoms with Gasteiger partial charge in [0.2, 0.25) is 0 Å². The number of carboxylic acids is 1. The highest BCUT2D eigenvalue weighted by atomic mass is 16.4. The molecule has 1 aromatic heterocycles. The van der Waals surface area contributed by atoms with Crippen LogP contribution in [-0.4, -0.2) is 16.1 Å². The van der Waals surface area contributed by atoms with Crippen LogP contribution in [0, 0.1) is 34.0 Å². The average Bonchev–Trinajstić information content (AvgIpc) is 2.73. The van der Waals surface area contributed by atoms with E-state index < -0.39 is 5.97 Å². The zero-order valence-electron chi connectivity index (χ0n) is 14.3. The van der Waals surface area contributed by atoms with Gasteiger partial charge in [-0.1, -0.05) is 30.3 Å². The smallest absolute Gasteiger partial charge is 0.336 e. The van der Waals surface area contributed by atoms with Crippen molar-refractivity contribution in [1.29, 1.82) is 15.8 Å². The minimum atomic E-state index is -1.06. The van der Waals surface area contributed by atoms with Crippen molar-refractivity contribution in [2.75, 3.05) is 5.32 Å². The number of carbonyl (C=O) groups is 1. The number of anilines is 1. The van der Waals surface area contributed by atoms with Gasteiger partial charge in [-0.15, -0.1) is 0 Å². The molecule has 7 nitrogen and oxygen atoms in total. The van der Waals surface area contributed by atoms with Gasteiger partial charge in [-0.25, -0.2) is 9.78 Å². The van der Waals surface area contributed by atoms with Crippen molar-refractivity contribution in [2.24, 2.45) is 0 Å². The number of aromatic carboxylic acids is 1. The number of rotatable bonds is 4. The molecule has 0 spiro atoms. The first kappa shape index (κ1) is 18.1.